The second kappa shape index (κ2) is 9.30. The van der Waals surface area contributed by atoms with Crippen LogP contribution in [0.15, 0.2) is 56.8 Å². The number of aromatic hydroxyl groups is 1. The molecule has 0 atom stereocenters. The maximum absolute atomic E-state index is 12.9. The minimum Gasteiger partial charge on any atom is -0.503 e. The van der Waals surface area contributed by atoms with Crippen molar-refractivity contribution in [1.29, 1.82) is 0 Å². The van der Waals surface area contributed by atoms with Crippen LogP contribution in [0.3, 0.4) is 0 Å². The summed E-state index contributed by atoms with van der Waals surface area (Å²) < 4.78 is 5.99. The maximum atomic E-state index is 12.9. The zero-order chi connectivity index (χ0) is 20.1. The SMILES string of the molecule is CCCN1C(=O)/C(=C\c2cc(Br)c(O)c(OCC)c2)SC1=Nc1ccccc1. The average molecular weight is 461 g/mol. The Morgan fingerprint density at radius 3 is 2.68 bits per heavy atom. The Kier molecular flexibility index (Phi) is 6.80. The van der Waals surface area contributed by atoms with E-state index < -0.39 is 0 Å². The van der Waals surface area contributed by atoms with Crippen LogP contribution in [0.1, 0.15) is 25.8 Å². The number of phenolic OH excluding ortho intramolecular Hbond substituents is 1. The van der Waals surface area contributed by atoms with Crippen molar-refractivity contribution in [3.05, 3.63) is 57.4 Å². The van der Waals surface area contributed by atoms with Gasteiger partial charge in [-0.05, 0) is 76.9 Å². The number of benzene rings is 2. The van der Waals surface area contributed by atoms with Crippen LogP contribution in [0.2, 0.25) is 0 Å². The molecular weight excluding hydrogens is 440 g/mol. The summed E-state index contributed by atoms with van der Waals surface area (Å²) in [5.41, 5.74) is 1.58. The van der Waals surface area contributed by atoms with Gasteiger partial charge >= 0.3 is 0 Å². The molecule has 0 bridgehead atoms. The third-order valence-electron chi connectivity index (χ3n) is 3.96. The molecule has 0 unspecified atom stereocenters. The summed E-state index contributed by atoms with van der Waals surface area (Å²) in [6.07, 6.45) is 2.64. The molecular formula is C21H21BrN2O3S. The monoisotopic (exact) mass is 460 g/mol. The number of phenols is 1. The maximum Gasteiger partial charge on any atom is 0.266 e. The number of aliphatic imine (C=N–C) groups is 1. The summed E-state index contributed by atoms with van der Waals surface area (Å²) >= 11 is 4.69. The fourth-order valence-electron chi connectivity index (χ4n) is 2.72. The molecule has 0 aliphatic carbocycles. The summed E-state index contributed by atoms with van der Waals surface area (Å²) in [6, 6.07) is 13.1. The molecule has 0 saturated carbocycles. The Labute approximate surface area is 177 Å². The van der Waals surface area contributed by atoms with Crippen LogP contribution in [0.25, 0.3) is 6.08 Å². The second-order valence-corrected chi connectivity index (χ2v) is 7.94. The van der Waals surface area contributed by atoms with E-state index in [2.05, 4.69) is 20.9 Å². The first kappa shape index (κ1) is 20.5. The lowest BCUT2D eigenvalue weighted by molar-refractivity contribution is -0.122. The van der Waals surface area contributed by atoms with Gasteiger partial charge in [-0.2, -0.15) is 0 Å². The van der Waals surface area contributed by atoms with E-state index >= 15 is 0 Å². The highest BCUT2D eigenvalue weighted by Gasteiger charge is 2.32. The van der Waals surface area contributed by atoms with Crippen molar-refractivity contribution >= 4 is 50.5 Å². The van der Waals surface area contributed by atoms with Gasteiger partial charge in [-0.15, -0.1) is 0 Å². The van der Waals surface area contributed by atoms with Crippen LogP contribution >= 0.6 is 27.7 Å². The molecule has 1 saturated heterocycles. The Hall–Kier alpha value is -2.25. The number of ether oxygens (including phenoxy) is 1. The van der Waals surface area contributed by atoms with E-state index in [1.165, 1.54) is 11.8 Å². The summed E-state index contributed by atoms with van der Waals surface area (Å²) in [4.78, 5) is 19.9. The zero-order valence-electron chi connectivity index (χ0n) is 15.7. The largest absolute Gasteiger partial charge is 0.503 e. The number of halogens is 1. The van der Waals surface area contributed by atoms with E-state index in [0.717, 1.165) is 17.7 Å². The molecule has 1 aliphatic heterocycles. The van der Waals surface area contributed by atoms with E-state index in [9.17, 15) is 9.90 Å². The molecule has 1 amide bonds. The fourth-order valence-corrected chi connectivity index (χ4v) is 4.20. The number of carbonyl (C=O) groups excluding carboxylic acids is 1. The summed E-state index contributed by atoms with van der Waals surface area (Å²) in [5, 5.41) is 10.8. The molecule has 28 heavy (non-hydrogen) atoms. The van der Waals surface area contributed by atoms with Crippen molar-refractivity contribution in [3.63, 3.8) is 0 Å². The Morgan fingerprint density at radius 1 is 1.25 bits per heavy atom. The highest BCUT2D eigenvalue weighted by atomic mass is 79.9. The number of hydrogen-bond donors (Lipinski definition) is 1. The average Bonchev–Trinajstić information content (AvgIpc) is 2.96. The minimum absolute atomic E-state index is 0.0494. The standard InChI is InChI=1S/C21H21BrN2O3S/c1-3-10-24-20(26)18(28-21(24)23-15-8-6-5-7-9-15)13-14-11-16(22)19(25)17(12-14)27-4-2/h5-9,11-13,25H,3-4,10H2,1-2H3/b18-13+,23-21?. The van der Waals surface area contributed by atoms with Gasteiger partial charge in [-0.1, -0.05) is 25.1 Å². The molecule has 2 aromatic carbocycles. The molecule has 2 aromatic rings. The first-order chi connectivity index (χ1) is 13.5. The number of thioether (sulfide) groups is 1. The van der Waals surface area contributed by atoms with E-state index in [4.69, 9.17) is 4.74 Å². The van der Waals surface area contributed by atoms with Crippen LogP contribution < -0.4 is 4.74 Å². The van der Waals surface area contributed by atoms with Gasteiger partial charge in [0.05, 0.1) is 21.7 Å². The molecule has 0 aromatic heterocycles. The van der Waals surface area contributed by atoms with E-state index in [1.54, 1.807) is 23.1 Å². The highest BCUT2D eigenvalue weighted by molar-refractivity contribution is 9.10. The van der Waals surface area contributed by atoms with Crippen LogP contribution in [0.5, 0.6) is 11.5 Å². The third kappa shape index (κ3) is 4.59. The summed E-state index contributed by atoms with van der Waals surface area (Å²) in [5.74, 6) is 0.361. The van der Waals surface area contributed by atoms with Crippen LogP contribution in [0.4, 0.5) is 5.69 Å². The van der Waals surface area contributed by atoms with Gasteiger partial charge in [-0.3, -0.25) is 9.69 Å². The van der Waals surface area contributed by atoms with Gasteiger partial charge < -0.3 is 9.84 Å². The van der Waals surface area contributed by atoms with Crippen LogP contribution in [-0.4, -0.2) is 34.2 Å². The second-order valence-electron chi connectivity index (χ2n) is 6.08. The quantitative estimate of drug-likeness (QED) is 0.572. The molecule has 1 heterocycles. The number of rotatable bonds is 6. The molecule has 1 N–H and O–H groups in total. The van der Waals surface area contributed by atoms with Gasteiger partial charge in [0, 0.05) is 6.54 Å². The summed E-state index contributed by atoms with van der Waals surface area (Å²) in [6.45, 7) is 4.93. The molecule has 3 rings (SSSR count). The normalized spacial score (nSPS) is 17.0. The first-order valence-electron chi connectivity index (χ1n) is 9.04. The third-order valence-corrected chi connectivity index (χ3v) is 5.58. The van der Waals surface area contributed by atoms with Gasteiger partial charge in [0.1, 0.15) is 0 Å². The lowest BCUT2D eigenvalue weighted by Gasteiger charge is -2.13. The number of nitrogens with zero attached hydrogens (tertiary/aromatic N) is 2. The van der Waals surface area contributed by atoms with Crippen LogP contribution in [0, 0.1) is 0 Å². The molecule has 146 valence electrons. The van der Waals surface area contributed by atoms with Crippen molar-refractivity contribution in [1.82, 2.24) is 4.90 Å². The molecule has 0 radical (unpaired) electrons. The lowest BCUT2D eigenvalue weighted by Crippen LogP contribution is -2.29. The number of amidine groups is 1. The van der Waals surface area contributed by atoms with Gasteiger partial charge in [0.25, 0.3) is 5.91 Å². The van der Waals surface area contributed by atoms with Crippen molar-refractivity contribution in [2.24, 2.45) is 4.99 Å². The van der Waals surface area contributed by atoms with Gasteiger partial charge in [0.15, 0.2) is 16.7 Å². The Balaban J connectivity index is 1.96. The Morgan fingerprint density at radius 2 is 2.00 bits per heavy atom. The molecule has 7 heteroatoms. The van der Waals surface area contributed by atoms with Gasteiger partial charge in [-0.25, -0.2) is 4.99 Å². The smallest absolute Gasteiger partial charge is 0.266 e. The number of amides is 1. The topological polar surface area (TPSA) is 62.1 Å². The Bertz CT molecular complexity index is 929. The van der Waals surface area contributed by atoms with Crippen molar-refractivity contribution in [3.8, 4) is 11.5 Å². The highest BCUT2D eigenvalue weighted by Crippen LogP contribution is 2.38. The molecule has 1 fully saturated rings. The number of carbonyl (C=O) groups is 1. The van der Waals surface area contributed by atoms with E-state index in [-0.39, 0.29) is 11.7 Å². The zero-order valence-corrected chi connectivity index (χ0v) is 18.1. The minimum atomic E-state index is -0.0660. The lowest BCUT2D eigenvalue weighted by atomic mass is 10.2. The predicted octanol–water partition coefficient (Wildman–Crippen LogP) is 5.57. The molecule has 5 nitrogen and oxygen atoms in total. The van der Waals surface area contributed by atoms with Gasteiger partial charge in [0.2, 0.25) is 0 Å². The van der Waals surface area contributed by atoms with E-state index in [1.807, 2.05) is 44.2 Å². The summed E-state index contributed by atoms with van der Waals surface area (Å²) in [7, 11) is 0. The fraction of sp³-hybridized carbons (Fsp3) is 0.238. The van der Waals surface area contributed by atoms with Crippen molar-refractivity contribution in [2.75, 3.05) is 13.2 Å². The van der Waals surface area contributed by atoms with E-state index in [0.29, 0.717) is 33.4 Å². The number of hydrogen-bond acceptors (Lipinski definition) is 5. The predicted molar refractivity (Wildman–Crippen MR) is 118 cm³/mol. The van der Waals surface area contributed by atoms with Crippen molar-refractivity contribution < 1.29 is 14.6 Å². The first-order valence-corrected chi connectivity index (χ1v) is 10.6. The molecule has 1 aliphatic rings. The van der Waals surface area contributed by atoms with Crippen LogP contribution in [-0.2, 0) is 4.79 Å². The van der Waals surface area contributed by atoms with Crippen molar-refractivity contribution in [2.45, 2.75) is 20.3 Å². The number of para-hydroxylation sites is 1. The molecule has 0 spiro atoms.